The van der Waals surface area contributed by atoms with Gasteiger partial charge in [-0.05, 0) is 74.0 Å². The number of amides is 9. The SMILES string of the molecule is CC[C@H](C)[C@H](NC(=O)[C@H](Cc1c[nH]c2ccccc12)NC(=O)[C@H](CCSC)NC(=O)[C@H](CC(C)C)NC(=O)[C@H](CC(C)C)NC(=O)[C@@H](N)CO)C(=O)N[C@H](C(=O)N[C@@H](CCC(N)=O)C(=O)N[C@@H](CS)C(=O)O)[C@@H](C)O.O=C(O)C(F)(F)F. The fraction of sp³-hybridized carbons (Fsp3) is 0.627. The summed E-state index contributed by atoms with van der Waals surface area (Å²) in [5.74, 6) is -12.7. The summed E-state index contributed by atoms with van der Waals surface area (Å²) in [7, 11) is 0. The number of carboxylic acid groups (broad SMARTS) is 2. The Morgan fingerprint density at radius 1 is 0.659 bits per heavy atom. The number of hydrogen-bond acceptors (Lipinski definition) is 16. The Labute approximate surface area is 482 Å². The quantitative estimate of drug-likeness (QED) is 0.0377. The van der Waals surface area contributed by atoms with Crippen molar-refractivity contribution >= 4 is 100 Å². The number of carbonyl (C=O) groups excluding carboxylic acids is 9. The van der Waals surface area contributed by atoms with E-state index in [9.17, 15) is 76.4 Å². The van der Waals surface area contributed by atoms with Crippen LogP contribution in [0.5, 0.6) is 0 Å². The lowest BCUT2D eigenvalue weighted by Gasteiger charge is -2.30. The second-order valence-corrected chi connectivity index (χ2v) is 21.5. The van der Waals surface area contributed by atoms with Crippen molar-refractivity contribution in [1.29, 1.82) is 0 Å². The van der Waals surface area contributed by atoms with Crippen LogP contribution in [0.1, 0.15) is 92.6 Å². The predicted molar refractivity (Wildman–Crippen MR) is 299 cm³/mol. The number of H-pyrrole nitrogens is 1. The van der Waals surface area contributed by atoms with Gasteiger partial charge in [0.2, 0.25) is 53.2 Å². The van der Waals surface area contributed by atoms with Crippen LogP contribution in [0.15, 0.2) is 30.5 Å². The summed E-state index contributed by atoms with van der Waals surface area (Å²) in [6.45, 7) is 11.2. The number of fused-ring (bicyclic) bond motifs is 1. The maximum absolute atomic E-state index is 14.7. The number of primary amides is 1. The minimum absolute atomic E-state index is 0.0780. The molecule has 0 fully saturated rings. The lowest BCUT2D eigenvalue weighted by Crippen LogP contribution is -2.63. The smallest absolute Gasteiger partial charge is 0.480 e. The van der Waals surface area contributed by atoms with Crippen LogP contribution in [0.25, 0.3) is 10.9 Å². The summed E-state index contributed by atoms with van der Waals surface area (Å²) < 4.78 is 31.7. The van der Waals surface area contributed by atoms with Crippen molar-refractivity contribution < 1.29 is 86.3 Å². The first-order valence-corrected chi connectivity index (χ1v) is 28.2. The maximum Gasteiger partial charge on any atom is 0.490 e. The van der Waals surface area contributed by atoms with E-state index in [4.69, 9.17) is 21.4 Å². The molecule has 0 saturated heterocycles. The molecule has 462 valence electrons. The fourth-order valence-corrected chi connectivity index (χ4v) is 8.42. The average Bonchev–Trinajstić information content (AvgIpc) is 3.96. The molecule has 1 aromatic carbocycles. The molecule has 1 heterocycles. The van der Waals surface area contributed by atoms with E-state index in [1.807, 2.05) is 39.8 Å². The first-order chi connectivity index (χ1) is 38.2. The second-order valence-electron chi connectivity index (χ2n) is 20.2. The molecule has 2 rings (SSSR count). The number of aliphatic hydroxyl groups excluding tert-OH is 2. The zero-order valence-corrected chi connectivity index (χ0v) is 48.6. The van der Waals surface area contributed by atoms with E-state index in [-0.39, 0.29) is 49.7 Å². The molecule has 2 aromatic rings. The van der Waals surface area contributed by atoms with Crippen molar-refractivity contribution in [1.82, 2.24) is 47.5 Å². The summed E-state index contributed by atoms with van der Waals surface area (Å²) in [5, 5.41) is 58.0. The molecule has 0 saturated carbocycles. The highest BCUT2D eigenvalue weighted by atomic mass is 32.2. The molecule has 26 nitrogen and oxygen atoms in total. The third-order valence-electron chi connectivity index (χ3n) is 12.4. The van der Waals surface area contributed by atoms with Crippen molar-refractivity contribution in [3.05, 3.63) is 36.0 Å². The predicted octanol–water partition coefficient (Wildman–Crippen LogP) is -0.906. The Morgan fingerprint density at radius 2 is 1.10 bits per heavy atom. The minimum Gasteiger partial charge on any atom is -0.480 e. The number of para-hydroxylation sites is 1. The number of thiol groups is 1. The number of alkyl halides is 3. The number of hydrogen-bond donors (Lipinski definition) is 16. The van der Waals surface area contributed by atoms with Gasteiger partial charge in [0.1, 0.15) is 54.4 Å². The molecule has 0 radical (unpaired) electrons. The number of carboxylic acids is 2. The van der Waals surface area contributed by atoms with Crippen molar-refractivity contribution in [2.45, 2.75) is 160 Å². The van der Waals surface area contributed by atoms with Gasteiger partial charge in [0, 0.05) is 35.7 Å². The Bertz CT molecular complexity index is 2490. The first kappa shape index (κ1) is 73.3. The molecule has 82 heavy (non-hydrogen) atoms. The van der Waals surface area contributed by atoms with Gasteiger partial charge in [-0.25, -0.2) is 9.59 Å². The number of thioether (sulfide) groups is 1. The molecular weight excluding hydrogens is 1130 g/mol. The molecule has 17 N–H and O–H groups in total. The van der Waals surface area contributed by atoms with E-state index in [2.05, 4.69) is 60.1 Å². The highest BCUT2D eigenvalue weighted by Gasteiger charge is 2.39. The Morgan fingerprint density at radius 3 is 1.56 bits per heavy atom. The largest absolute Gasteiger partial charge is 0.490 e. The number of aromatic amines is 1. The van der Waals surface area contributed by atoms with Gasteiger partial charge in [0.25, 0.3) is 0 Å². The van der Waals surface area contributed by atoms with Crippen molar-refractivity contribution in [2.24, 2.45) is 29.2 Å². The zero-order valence-electron chi connectivity index (χ0n) is 46.9. The third-order valence-corrected chi connectivity index (χ3v) is 13.4. The standard InChI is InChI=1S/C49H79N11O13S2.C2HF3O2/c1-9-26(6)39(47(70)60-40(27(7)62)48(71)54-32(14-15-38(51)63)42(65)58-37(23-74)49(72)73)59-46(69)36(20-28-21-52-31-13-11-10-12-29(28)31)57-43(66)33(16-17-75-8)53-44(67)35(19-25(4)5)56-45(68)34(18-24(2)3)55-41(64)30(50)22-61;3-2(4,5)1(6)7/h10-13,21,24-27,30,32-37,39-40,52,61-62,74H,9,14-20,22-23,50H2,1-8H3,(H2,51,63)(H,53,67)(H,54,71)(H,55,64)(H,56,68)(H,57,66)(H,58,65)(H,59,69)(H,60,70)(H,72,73);(H,6,7)/t26-,27+,30-,32-,33-,34-,35-,36-,37-,39-,40-;/m0./s1. The van der Waals surface area contributed by atoms with E-state index in [0.29, 0.717) is 17.7 Å². The number of rotatable bonds is 34. The number of aliphatic hydroxyl groups is 2. The molecule has 0 aliphatic heterocycles. The minimum atomic E-state index is -5.08. The third kappa shape index (κ3) is 25.6. The van der Waals surface area contributed by atoms with Crippen LogP contribution in [0, 0.1) is 17.8 Å². The first-order valence-electron chi connectivity index (χ1n) is 26.2. The molecule has 1 aromatic heterocycles. The van der Waals surface area contributed by atoms with Crippen LogP contribution < -0.4 is 54.0 Å². The van der Waals surface area contributed by atoms with E-state index >= 15 is 0 Å². The van der Waals surface area contributed by atoms with Crippen LogP contribution >= 0.6 is 24.4 Å². The van der Waals surface area contributed by atoms with Gasteiger partial charge in [-0.15, -0.1) is 0 Å². The van der Waals surface area contributed by atoms with Gasteiger partial charge in [0.05, 0.1) is 12.7 Å². The highest BCUT2D eigenvalue weighted by Crippen LogP contribution is 2.21. The Hall–Kier alpha value is -6.70. The lowest BCUT2D eigenvalue weighted by molar-refractivity contribution is -0.192. The van der Waals surface area contributed by atoms with Gasteiger partial charge >= 0.3 is 18.1 Å². The van der Waals surface area contributed by atoms with Gasteiger partial charge < -0.3 is 79.4 Å². The monoisotopic (exact) mass is 1210 g/mol. The van der Waals surface area contributed by atoms with Crippen molar-refractivity contribution in [2.75, 3.05) is 24.4 Å². The number of halogens is 3. The highest BCUT2D eigenvalue weighted by molar-refractivity contribution is 7.98. The number of carbonyl (C=O) groups is 11. The second kappa shape index (κ2) is 36.0. The summed E-state index contributed by atoms with van der Waals surface area (Å²) in [6.07, 6.45) is -3.46. The molecular formula is C51H80F3N11O15S2. The zero-order chi connectivity index (χ0) is 62.8. The number of benzene rings is 1. The summed E-state index contributed by atoms with van der Waals surface area (Å²) in [4.78, 5) is 146. The Balaban J connectivity index is 0.00000448. The van der Waals surface area contributed by atoms with Crippen LogP contribution in [0.3, 0.4) is 0 Å². The molecule has 0 bridgehead atoms. The van der Waals surface area contributed by atoms with Gasteiger partial charge in [0.15, 0.2) is 0 Å². The van der Waals surface area contributed by atoms with E-state index in [1.165, 1.54) is 18.7 Å². The number of nitrogens with two attached hydrogens (primary N) is 2. The lowest BCUT2D eigenvalue weighted by atomic mass is 9.96. The molecule has 11 atom stereocenters. The normalized spacial score (nSPS) is 15.4. The Kier molecular flexibility index (Phi) is 32.2. The van der Waals surface area contributed by atoms with Crippen LogP contribution in [-0.2, 0) is 59.2 Å². The number of nitrogens with one attached hydrogen (secondary N) is 9. The van der Waals surface area contributed by atoms with Crippen LogP contribution in [0.2, 0.25) is 0 Å². The summed E-state index contributed by atoms with van der Waals surface area (Å²) in [5.41, 5.74) is 12.3. The molecule has 31 heteroatoms. The molecule has 0 aliphatic rings. The number of aromatic nitrogens is 1. The van der Waals surface area contributed by atoms with Crippen molar-refractivity contribution in [3.8, 4) is 0 Å². The average molecular weight is 1210 g/mol. The van der Waals surface area contributed by atoms with E-state index in [0.717, 1.165) is 10.9 Å². The van der Waals surface area contributed by atoms with Crippen LogP contribution in [0.4, 0.5) is 13.2 Å². The molecule has 9 amide bonds. The maximum atomic E-state index is 14.7. The van der Waals surface area contributed by atoms with Gasteiger partial charge in [-0.3, -0.25) is 43.2 Å². The van der Waals surface area contributed by atoms with Crippen LogP contribution in [-0.4, -0.2) is 182 Å². The summed E-state index contributed by atoms with van der Waals surface area (Å²) >= 11 is 5.32. The topological polar surface area (TPSA) is 433 Å². The summed E-state index contributed by atoms with van der Waals surface area (Å²) in [6, 6.07) is -5.23. The number of aliphatic carboxylic acids is 2. The van der Waals surface area contributed by atoms with Gasteiger partial charge in [-0.2, -0.15) is 37.6 Å². The molecule has 0 spiro atoms. The molecule has 0 unspecified atom stereocenters. The fourth-order valence-electron chi connectivity index (χ4n) is 7.70. The van der Waals surface area contributed by atoms with E-state index in [1.54, 1.807) is 38.4 Å². The van der Waals surface area contributed by atoms with Gasteiger partial charge in [-0.1, -0.05) is 66.2 Å². The molecule has 0 aliphatic carbocycles. The van der Waals surface area contributed by atoms with E-state index < -0.39 is 151 Å². The van der Waals surface area contributed by atoms with Crippen molar-refractivity contribution in [3.63, 3.8) is 0 Å².